The lowest BCUT2D eigenvalue weighted by Crippen LogP contribution is -2.21. The van der Waals surface area contributed by atoms with Crippen LogP contribution in [0.25, 0.3) is 10.9 Å². The summed E-state index contributed by atoms with van der Waals surface area (Å²) in [7, 11) is 0. The number of rotatable bonds is 5. The van der Waals surface area contributed by atoms with E-state index in [1.165, 1.54) is 0 Å². The predicted octanol–water partition coefficient (Wildman–Crippen LogP) is 5.82. The molecule has 0 fully saturated rings. The minimum absolute atomic E-state index is 0.0567. The summed E-state index contributed by atoms with van der Waals surface area (Å²) in [6.07, 6.45) is 1.93. The first-order valence-electron chi connectivity index (χ1n) is 9.12. The first-order chi connectivity index (χ1) is 13.1. The largest absolute Gasteiger partial charge is 0.371 e. The number of hydrogen-bond acceptors (Lipinski definition) is 2. The lowest BCUT2D eigenvalue weighted by atomic mass is 9.96. The first-order valence-corrected chi connectivity index (χ1v) is 9.12. The van der Waals surface area contributed by atoms with Crippen LogP contribution in [0.5, 0.6) is 0 Å². The molecule has 3 nitrogen and oxygen atoms in total. The Balaban J connectivity index is 1.79. The molecule has 1 atom stereocenters. The monoisotopic (exact) mass is 354 g/mol. The molecule has 3 heteroatoms. The topological polar surface area (TPSA) is 44.9 Å². The van der Waals surface area contributed by atoms with Crippen molar-refractivity contribution in [3.8, 4) is 0 Å². The van der Waals surface area contributed by atoms with Crippen LogP contribution in [0, 0.1) is 13.8 Å². The number of aromatic amines is 1. The number of aromatic nitrogens is 1. The second-order valence-electron chi connectivity index (χ2n) is 6.97. The van der Waals surface area contributed by atoms with Gasteiger partial charge in [0.25, 0.3) is 0 Å². The van der Waals surface area contributed by atoms with Crippen LogP contribution < -0.4 is 5.32 Å². The van der Waals surface area contributed by atoms with Gasteiger partial charge >= 0.3 is 0 Å². The third-order valence-corrected chi connectivity index (χ3v) is 4.86. The normalized spacial score (nSPS) is 12.1. The second-order valence-corrected chi connectivity index (χ2v) is 6.97. The van der Waals surface area contributed by atoms with E-state index in [2.05, 4.69) is 22.4 Å². The highest BCUT2D eigenvalue weighted by Crippen LogP contribution is 2.30. The number of aryl methyl sites for hydroxylation is 2. The van der Waals surface area contributed by atoms with Gasteiger partial charge in [-0.2, -0.15) is 0 Å². The van der Waals surface area contributed by atoms with Gasteiger partial charge in [0.05, 0.1) is 0 Å². The molecule has 1 heterocycles. The van der Waals surface area contributed by atoms with E-state index < -0.39 is 6.04 Å². The average molecular weight is 354 g/mol. The number of para-hydroxylation sites is 1. The van der Waals surface area contributed by atoms with Crippen LogP contribution in [0.3, 0.4) is 0 Å². The maximum absolute atomic E-state index is 13.4. The molecule has 2 N–H and O–H groups in total. The fourth-order valence-electron chi connectivity index (χ4n) is 3.40. The zero-order chi connectivity index (χ0) is 18.8. The number of fused-ring (bicyclic) bond motifs is 1. The second kappa shape index (κ2) is 7.12. The Bertz CT molecular complexity index is 1090. The van der Waals surface area contributed by atoms with Gasteiger partial charge < -0.3 is 10.3 Å². The third-order valence-electron chi connectivity index (χ3n) is 4.86. The number of carbonyl (C=O) groups is 1. The number of ketones is 1. The van der Waals surface area contributed by atoms with Gasteiger partial charge in [0.2, 0.25) is 0 Å². The van der Waals surface area contributed by atoms with Crippen LogP contribution in [0.1, 0.15) is 33.1 Å². The summed E-state index contributed by atoms with van der Waals surface area (Å²) >= 11 is 0. The molecule has 0 saturated carbocycles. The molecule has 4 rings (SSSR count). The Labute approximate surface area is 159 Å². The van der Waals surface area contributed by atoms with Gasteiger partial charge in [-0.3, -0.25) is 4.79 Å². The van der Waals surface area contributed by atoms with Crippen molar-refractivity contribution in [3.05, 3.63) is 101 Å². The van der Waals surface area contributed by atoms with Gasteiger partial charge in [0, 0.05) is 33.9 Å². The molecule has 134 valence electrons. The van der Waals surface area contributed by atoms with Crippen LogP contribution in [-0.4, -0.2) is 10.8 Å². The predicted molar refractivity (Wildman–Crippen MR) is 111 cm³/mol. The Kier molecular flexibility index (Phi) is 4.51. The van der Waals surface area contributed by atoms with E-state index in [0.717, 1.165) is 33.3 Å². The molecule has 0 bridgehead atoms. The summed E-state index contributed by atoms with van der Waals surface area (Å²) in [6.45, 7) is 4.07. The van der Waals surface area contributed by atoms with E-state index in [4.69, 9.17) is 0 Å². The minimum Gasteiger partial charge on any atom is -0.371 e. The molecule has 0 aliphatic heterocycles. The maximum Gasteiger partial charge on any atom is 0.189 e. The molecule has 0 radical (unpaired) electrons. The van der Waals surface area contributed by atoms with Crippen molar-refractivity contribution in [1.29, 1.82) is 0 Å². The van der Waals surface area contributed by atoms with Crippen LogP contribution in [-0.2, 0) is 0 Å². The first kappa shape index (κ1) is 17.1. The summed E-state index contributed by atoms with van der Waals surface area (Å²) in [5.74, 6) is 0.0567. The Hall–Kier alpha value is -3.33. The van der Waals surface area contributed by atoms with E-state index >= 15 is 0 Å². The lowest BCUT2D eigenvalue weighted by Gasteiger charge is -2.19. The van der Waals surface area contributed by atoms with E-state index in [1.54, 1.807) is 0 Å². The van der Waals surface area contributed by atoms with Crippen molar-refractivity contribution in [2.45, 2.75) is 19.9 Å². The van der Waals surface area contributed by atoms with Crippen molar-refractivity contribution in [3.63, 3.8) is 0 Å². The zero-order valence-electron chi connectivity index (χ0n) is 15.5. The highest BCUT2D eigenvalue weighted by atomic mass is 16.1. The molecule has 0 aliphatic carbocycles. The number of carbonyl (C=O) groups excluding carboxylic acids is 1. The van der Waals surface area contributed by atoms with Gasteiger partial charge in [-0.15, -0.1) is 0 Å². The number of Topliss-reactive ketones (excluding diaryl/α,β-unsaturated/α-hetero) is 1. The van der Waals surface area contributed by atoms with Crippen molar-refractivity contribution in [2.24, 2.45) is 0 Å². The summed E-state index contributed by atoms with van der Waals surface area (Å²) in [5.41, 5.74) is 5.92. The molecule has 0 aliphatic rings. The van der Waals surface area contributed by atoms with Crippen molar-refractivity contribution in [2.75, 3.05) is 5.32 Å². The van der Waals surface area contributed by atoms with Crippen molar-refractivity contribution < 1.29 is 4.79 Å². The van der Waals surface area contributed by atoms with Gasteiger partial charge in [-0.1, -0.05) is 60.2 Å². The number of anilines is 1. The fourth-order valence-corrected chi connectivity index (χ4v) is 3.40. The fraction of sp³-hybridized carbons (Fsp3) is 0.125. The molecule has 1 unspecified atom stereocenters. The van der Waals surface area contributed by atoms with E-state index in [-0.39, 0.29) is 5.78 Å². The van der Waals surface area contributed by atoms with Crippen molar-refractivity contribution >= 4 is 22.4 Å². The maximum atomic E-state index is 13.4. The molecule has 4 aromatic rings. The quantitative estimate of drug-likeness (QED) is 0.444. The zero-order valence-corrected chi connectivity index (χ0v) is 15.5. The van der Waals surface area contributed by atoms with Crippen LogP contribution in [0.2, 0.25) is 0 Å². The number of benzene rings is 3. The number of H-pyrrole nitrogens is 1. The van der Waals surface area contributed by atoms with Gasteiger partial charge in [-0.05, 0) is 37.6 Å². The summed E-state index contributed by atoms with van der Waals surface area (Å²) < 4.78 is 0. The molecule has 0 amide bonds. The van der Waals surface area contributed by atoms with Gasteiger partial charge in [-0.25, -0.2) is 0 Å². The molecule has 0 saturated heterocycles. The smallest absolute Gasteiger partial charge is 0.189 e. The lowest BCUT2D eigenvalue weighted by molar-refractivity contribution is 0.0970. The summed E-state index contributed by atoms with van der Waals surface area (Å²) in [4.78, 5) is 16.7. The number of nitrogens with one attached hydrogen (secondary N) is 2. The Morgan fingerprint density at radius 1 is 0.889 bits per heavy atom. The molecular weight excluding hydrogens is 332 g/mol. The van der Waals surface area contributed by atoms with Crippen molar-refractivity contribution in [1.82, 2.24) is 4.98 Å². The molecule has 1 aromatic heterocycles. The van der Waals surface area contributed by atoms with Crippen LogP contribution in [0.15, 0.2) is 79.0 Å². The van der Waals surface area contributed by atoms with Gasteiger partial charge in [0.15, 0.2) is 5.78 Å². The Morgan fingerprint density at radius 2 is 1.67 bits per heavy atom. The van der Waals surface area contributed by atoms with E-state index in [1.807, 2.05) is 80.7 Å². The van der Waals surface area contributed by atoms with Crippen LogP contribution >= 0.6 is 0 Å². The highest BCUT2D eigenvalue weighted by Gasteiger charge is 2.24. The highest BCUT2D eigenvalue weighted by molar-refractivity contribution is 6.04. The summed E-state index contributed by atoms with van der Waals surface area (Å²) in [5, 5.41) is 4.52. The van der Waals surface area contributed by atoms with Crippen LogP contribution in [0.4, 0.5) is 5.69 Å². The molecule has 0 spiro atoms. The summed E-state index contributed by atoms with van der Waals surface area (Å²) in [6, 6.07) is 23.5. The average Bonchev–Trinajstić information content (AvgIpc) is 3.10. The molecule has 27 heavy (non-hydrogen) atoms. The van der Waals surface area contributed by atoms with E-state index in [9.17, 15) is 4.79 Å². The third kappa shape index (κ3) is 3.49. The van der Waals surface area contributed by atoms with Gasteiger partial charge in [0.1, 0.15) is 6.04 Å². The standard InChI is InChI=1S/C24H22N2O/c1-16-10-12-18(13-11-16)24(27)23(26-19-7-5-6-17(2)14-19)21-15-25-22-9-4-3-8-20(21)22/h3-15,23,25-26H,1-2H3. The SMILES string of the molecule is Cc1ccc(C(=O)C(Nc2cccc(C)c2)c2c[nH]c3ccccc23)cc1. The van der Waals surface area contributed by atoms with E-state index in [0.29, 0.717) is 5.56 Å². The molecule has 3 aromatic carbocycles. The minimum atomic E-state index is -0.467. The Morgan fingerprint density at radius 3 is 2.44 bits per heavy atom. The number of hydrogen-bond donors (Lipinski definition) is 2. The molecular formula is C24H22N2O.